The van der Waals surface area contributed by atoms with Gasteiger partial charge < -0.3 is 15.7 Å². The van der Waals surface area contributed by atoms with Gasteiger partial charge in [0.25, 0.3) is 0 Å². The fraction of sp³-hybridized carbons (Fsp3) is 0.786. The van der Waals surface area contributed by atoms with Crippen molar-refractivity contribution in [1.82, 2.24) is 9.78 Å². The maximum absolute atomic E-state index is 9.66. The van der Waals surface area contributed by atoms with Crippen LogP contribution in [0.1, 0.15) is 38.8 Å². The van der Waals surface area contributed by atoms with Gasteiger partial charge in [0.1, 0.15) is 5.82 Å². The van der Waals surface area contributed by atoms with Crippen molar-refractivity contribution in [3.63, 3.8) is 0 Å². The van der Waals surface area contributed by atoms with Crippen LogP contribution in [-0.4, -0.2) is 34.1 Å². The lowest BCUT2D eigenvalue weighted by molar-refractivity contribution is 0.109. The van der Waals surface area contributed by atoms with E-state index >= 15 is 0 Å². The van der Waals surface area contributed by atoms with Gasteiger partial charge in [-0.3, -0.25) is 4.68 Å². The second kappa shape index (κ2) is 5.82. The molecule has 0 spiro atoms. The molecule has 5 heteroatoms. The molecule has 0 aliphatic carbocycles. The Morgan fingerprint density at radius 2 is 2.05 bits per heavy atom. The van der Waals surface area contributed by atoms with Crippen molar-refractivity contribution in [2.24, 2.45) is 13.0 Å². The third kappa shape index (κ3) is 2.86. The minimum Gasteiger partial charge on any atom is -0.394 e. The molecule has 1 aliphatic rings. The van der Waals surface area contributed by atoms with Gasteiger partial charge in [0.2, 0.25) is 0 Å². The van der Waals surface area contributed by atoms with Gasteiger partial charge in [0.05, 0.1) is 17.5 Å². The number of aliphatic hydroxyl groups excluding tert-OH is 1. The van der Waals surface area contributed by atoms with Gasteiger partial charge in [-0.05, 0) is 32.1 Å². The predicted octanol–water partition coefficient (Wildman–Crippen LogP) is 1.55. The number of hydrogen-bond donors (Lipinski definition) is 2. The van der Waals surface area contributed by atoms with Crippen LogP contribution >= 0.6 is 0 Å². The van der Waals surface area contributed by atoms with Crippen LogP contribution in [0.25, 0.3) is 0 Å². The van der Waals surface area contributed by atoms with Crippen LogP contribution in [0.15, 0.2) is 0 Å². The predicted molar refractivity (Wildman–Crippen MR) is 78.2 cm³/mol. The first-order valence-corrected chi connectivity index (χ1v) is 7.29. The first-order valence-electron chi connectivity index (χ1n) is 7.29. The van der Waals surface area contributed by atoms with Crippen LogP contribution in [0.5, 0.6) is 0 Å². The molecule has 2 heterocycles. The Labute approximate surface area is 115 Å². The fourth-order valence-corrected chi connectivity index (χ4v) is 2.98. The number of nitrogens with two attached hydrogens (primary N) is 1. The molecule has 1 aromatic rings. The number of nitrogens with zero attached hydrogens (tertiary/aromatic N) is 3. The van der Waals surface area contributed by atoms with Gasteiger partial charge in [0.15, 0.2) is 0 Å². The molecule has 19 heavy (non-hydrogen) atoms. The van der Waals surface area contributed by atoms with E-state index in [1.807, 2.05) is 18.7 Å². The Morgan fingerprint density at radius 1 is 1.42 bits per heavy atom. The Morgan fingerprint density at radius 3 is 2.58 bits per heavy atom. The Kier molecular flexibility index (Phi) is 4.34. The van der Waals surface area contributed by atoms with E-state index < -0.39 is 0 Å². The molecule has 0 saturated carbocycles. The van der Waals surface area contributed by atoms with E-state index in [1.54, 1.807) is 0 Å². The standard InChI is InChI=1S/C14H26N4O/c1-4-5-12-13(15)14(17(3)16-12)18-8-6-11(7-9-18)10(2)19/h10-11,19H,4-9,15H2,1-3H3. The van der Waals surface area contributed by atoms with Gasteiger partial charge >= 0.3 is 0 Å². The van der Waals surface area contributed by atoms with Crippen molar-refractivity contribution in [2.45, 2.75) is 45.6 Å². The molecule has 1 fully saturated rings. The molecule has 0 amide bonds. The first kappa shape index (κ1) is 14.2. The van der Waals surface area contributed by atoms with Crippen LogP contribution in [-0.2, 0) is 13.5 Å². The summed E-state index contributed by atoms with van der Waals surface area (Å²) in [7, 11) is 1.96. The van der Waals surface area contributed by atoms with Gasteiger partial charge in [-0.2, -0.15) is 5.10 Å². The molecule has 108 valence electrons. The molecule has 1 aliphatic heterocycles. The number of aryl methyl sites for hydroxylation is 2. The van der Waals surface area contributed by atoms with Crippen LogP contribution < -0.4 is 10.6 Å². The SMILES string of the molecule is CCCc1nn(C)c(N2CCC(C(C)O)CC2)c1N. The van der Waals surface area contributed by atoms with Gasteiger partial charge in [-0.1, -0.05) is 13.3 Å². The summed E-state index contributed by atoms with van der Waals surface area (Å²) in [5.74, 6) is 1.47. The Hall–Kier alpha value is -1.23. The summed E-state index contributed by atoms with van der Waals surface area (Å²) in [4.78, 5) is 2.31. The highest BCUT2D eigenvalue weighted by Gasteiger charge is 2.26. The zero-order valence-corrected chi connectivity index (χ0v) is 12.3. The molecular formula is C14H26N4O. The summed E-state index contributed by atoms with van der Waals surface area (Å²) in [6.45, 7) is 5.93. The van der Waals surface area contributed by atoms with Gasteiger partial charge in [-0.25, -0.2) is 0 Å². The molecule has 1 aromatic heterocycles. The number of piperidine rings is 1. The molecule has 1 saturated heterocycles. The van der Waals surface area contributed by atoms with Gasteiger partial charge in [-0.15, -0.1) is 0 Å². The Bertz CT molecular complexity index is 419. The van der Waals surface area contributed by atoms with E-state index in [0.29, 0.717) is 5.92 Å². The van der Waals surface area contributed by atoms with Crippen molar-refractivity contribution in [3.05, 3.63) is 5.69 Å². The monoisotopic (exact) mass is 266 g/mol. The summed E-state index contributed by atoms with van der Waals surface area (Å²) in [5.41, 5.74) is 8.09. The summed E-state index contributed by atoms with van der Waals surface area (Å²) < 4.78 is 1.91. The third-order valence-corrected chi connectivity index (χ3v) is 4.14. The van der Waals surface area contributed by atoms with Crippen LogP contribution in [0.2, 0.25) is 0 Å². The van der Waals surface area contributed by atoms with E-state index in [0.717, 1.165) is 56.0 Å². The topological polar surface area (TPSA) is 67.3 Å². The molecule has 0 radical (unpaired) electrons. The minimum absolute atomic E-state index is 0.207. The number of anilines is 2. The summed E-state index contributed by atoms with van der Waals surface area (Å²) >= 11 is 0. The van der Waals surface area contributed by atoms with Crippen LogP contribution in [0.4, 0.5) is 11.5 Å². The summed E-state index contributed by atoms with van der Waals surface area (Å²) in [6.07, 6.45) is 3.83. The Balaban J connectivity index is 2.11. The first-order chi connectivity index (χ1) is 9.04. The molecule has 5 nitrogen and oxygen atoms in total. The minimum atomic E-state index is -0.207. The third-order valence-electron chi connectivity index (χ3n) is 4.14. The second-order valence-corrected chi connectivity index (χ2v) is 5.62. The highest BCUT2D eigenvalue weighted by atomic mass is 16.3. The molecule has 0 aromatic carbocycles. The van der Waals surface area contributed by atoms with E-state index in [1.165, 1.54) is 0 Å². The quantitative estimate of drug-likeness (QED) is 0.867. The smallest absolute Gasteiger partial charge is 0.150 e. The normalized spacial score (nSPS) is 18.8. The zero-order chi connectivity index (χ0) is 14.0. The number of rotatable bonds is 4. The highest BCUT2D eigenvalue weighted by Crippen LogP contribution is 2.31. The number of hydrogen-bond acceptors (Lipinski definition) is 4. The molecule has 0 bridgehead atoms. The zero-order valence-electron chi connectivity index (χ0n) is 12.3. The average molecular weight is 266 g/mol. The average Bonchev–Trinajstić information content (AvgIpc) is 2.65. The number of aromatic nitrogens is 2. The lowest BCUT2D eigenvalue weighted by Crippen LogP contribution is -2.38. The molecule has 1 unspecified atom stereocenters. The van der Waals surface area contributed by atoms with E-state index in [9.17, 15) is 5.11 Å². The maximum Gasteiger partial charge on any atom is 0.150 e. The van der Waals surface area contributed by atoms with Crippen molar-refractivity contribution >= 4 is 11.5 Å². The lowest BCUT2D eigenvalue weighted by Gasteiger charge is -2.34. The summed E-state index contributed by atoms with van der Waals surface area (Å²) in [5, 5.41) is 14.2. The molecule has 3 N–H and O–H groups in total. The van der Waals surface area contributed by atoms with Crippen molar-refractivity contribution in [1.29, 1.82) is 0 Å². The largest absolute Gasteiger partial charge is 0.394 e. The van der Waals surface area contributed by atoms with Crippen LogP contribution in [0.3, 0.4) is 0 Å². The maximum atomic E-state index is 9.66. The van der Waals surface area contributed by atoms with Gasteiger partial charge in [0, 0.05) is 20.1 Å². The lowest BCUT2D eigenvalue weighted by atomic mass is 9.92. The molecular weight excluding hydrogens is 240 g/mol. The summed E-state index contributed by atoms with van der Waals surface area (Å²) in [6, 6.07) is 0. The van der Waals surface area contributed by atoms with Crippen molar-refractivity contribution < 1.29 is 5.11 Å². The number of nitrogen functional groups attached to an aromatic ring is 1. The highest BCUT2D eigenvalue weighted by molar-refractivity contribution is 5.66. The van der Waals surface area contributed by atoms with Crippen LogP contribution in [0, 0.1) is 5.92 Å². The fourth-order valence-electron chi connectivity index (χ4n) is 2.98. The number of aliphatic hydroxyl groups is 1. The van der Waals surface area contributed by atoms with E-state index in [4.69, 9.17) is 5.73 Å². The molecule has 1 atom stereocenters. The van der Waals surface area contributed by atoms with Crippen molar-refractivity contribution in [2.75, 3.05) is 23.7 Å². The van der Waals surface area contributed by atoms with E-state index in [-0.39, 0.29) is 6.10 Å². The van der Waals surface area contributed by atoms with Crippen molar-refractivity contribution in [3.8, 4) is 0 Å². The van der Waals surface area contributed by atoms with E-state index in [2.05, 4.69) is 16.9 Å². The second-order valence-electron chi connectivity index (χ2n) is 5.62. The molecule has 2 rings (SSSR count).